The first-order chi connectivity index (χ1) is 10.0. The standard InChI is InChI=1S/C11H14O2.C7H13P/c1-3-12-10(2)13-9-11-7-5-4-6-8-11;1-4-6(3)7(8)5-2/h3-8,10H,1,9H2,2H3;4,7H,1,3,5,8H2,2H3. The van der Waals surface area contributed by atoms with Gasteiger partial charge in [0, 0.05) is 0 Å². The summed E-state index contributed by atoms with van der Waals surface area (Å²) in [5.74, 6) is 0. The Morgan fingerprint density at radius 1 is 1.29 bits per heavy atom. The Morgan fingerprint density at radius 3 is 2.33 bits per heavy atom. The van der Waals surface area contributed by atoms with Crippen molar-refractivity contribution in [3.8, 4) is 0 Å². The number of hydrogen-bond donors (Lipinski definition) is 0. The molecule has 0 bridgehead atoms. The first kappa shape index (κ1) is 19.6. The minimum absolute atomic E-state index is 0.238. The smallest absolute Gasteiger partial charge is 0.196 e. The molecule has 0 aromatic heterocycles. The van der Waals surface area contributed by atoms with E-state index in [1.807, 2.05) is 37.3 Å². The van der Waals surface area contributed by atoms with Gasteiger partial charge in [0.25, 0.3) is 0 Å². The molecule has 1 aromatic rings. The minimum atomic E-state index is -0.238. The van der Waals surface area contributed by atoms with Gasteiger partial charge in [-0.1, -0.05) is 63.1 Å². The van der Waals surface area contributed by atoms with Gasteiger partial charge in [-0.3, -0.25) is 0 Å². The average Bonchev–Trinajstić information content (AvgIpc) is 2.53. The maximum absolute atomic E-state index is 5.37. The molecular formula is C18H27O2P. The lowest BCUT2D eigenvalue weighted by Gasteiger charge is -2.11. The van der Waals surface area contributed by atoms with Gasteiger partial charge in [0.15, 0.2) is 6.29 Å². The monoisotopic (exact) mass is 306 g/mol. The number of allylic oxidation sites excluding steroid dienone is 2. The summed E-state index contributed by atoms with van der Waals surface area (Å²) in [4.78, 5) is 0. The molecule has 21 heavy (non-hydrogen) atoms. The molecule has 0 saturated carbocycles. The normalized spacial score (nSPS) is 12.3. The van der Waals surface area contributed by atoms with Gasteiger partial charge in [-0.05, 0) is 30.1 Å². The lowest BCUT2D eigenvalue weighted by molar-refractivity contribution is -0.101. The van der Waals surface area contributed by atoms with Crippen LogP contribution < -0.4 is 0 Å². The Kier molecular flexibility index (Phi) is 11.6. The van der Waals surface area contributed by atoms with Crippen molar-refractivity contribution < 1.29 is 9.47 Å². The summed E-state index contributed by atoms with van der Waals surface area (Å²) in [6.07, 6.45) is 4.07. The van der Waals surface area contributed by atoms with E-state index in [9.17, 15) is 0 Å². The van der Waals surface area contributed by atoms with Crippen LogP contribution in [0, 0.1) is 0 Å². The summed E-state index contributed by atoms with van der Waals surface area (Å²) in [7, 11) is 2.72. The predicted molar refractivity (Wildman–Crippen MR) is 95.1 cm³/mol. The van der Waals surface area contributed by atoms with Crippen LogP contribution in [-0.4, -0.2) is 11.9 Å². The van der Waals surface area contributed by atoms with Crippen LogP contribution in [0.4, 0.5) is 0 Å². The lowest BCUT2D eigenvalue weighted by atomic mass is 10.2. The maximum atomic E-state index is 5.37. The van der Waals surface area contributed by atoms with E-state index in [2.05, 4.69) is 35.9 Å². The van der Waals surface area contributed by atoms with E-state index in [-0.39, 0.29) is 6.29 Å². The fourth-order valence-electron chi connectivity index (χ4n) is 1.38. The van der Waals surface area contributed by atoms with Gasteiger partial charge in [-0.25, -0.2) is 0 Å². The predicted octanol–water partition coefficient (Wildman–Crippen LogP) is 5.09. The number of benzene rings is 1. The van der Waals surface area contributed by atoms with Gasteiger partial charge < -0.3 is 9.47 Å². The summed E-state index contributed by atoms with van der Waals surface area (Å²) in [5, 5.41) is 0. The van der Waals surface area contributed by atoms with E-state index < -0.39 is 0 Å². The number of ether oxygens (including phenoxy) is 2. The Balaban J connectivity index is 0.000000433. The third-order valence-corrected chi connectivity index (χ3v) is 3.69. The topological polar surface area (TPSA) is 18.5 Å². The third kappa shape index (κ3) is 10.1. The zero-order valence-electron chi connectivity index (χ0n) is 13.1. The second kappa shape index (κ2) is 12.4. The van der Waals surface area contributed by atoms with Crippen molar-refractivity contribution in [2.24, 2.45) is 0 Å². The van der Waals surface area contributed by atoms with Crippen LogP contribution >= 0.6 is 9.24 Å². The molecule has 0 fully saturated rings. The summed E-state index contributed by atoms with van der Waals surface area (Å²) in [6, 6.07) is 9.98. The van der Waals surface area contributed by atoms with Crippen LogP contribution in [-0.2, 0) is 16.1 Å². The average molecular weight is 306 g/mol. The molecule has 0 aliphatic rings. The molecule has 0 heterocycles. The zero-order valence-corrected chi connectivity index (χ0v) is 14.3. The highest BCUT2D eigenvalue weighted by atomic mass is 31.0. The van der Waals surface area contributed by atoms with E-state index in [0.29, 0.717) is 12.3 Å². The number of rotatable bonds is 8. The van der Waals surface area contributed by atoms with Crippen molar-refractivity contribution in [3.05, 3.63) is 73.5 Å². The highest BCUT2D eigenvalue weighted by molar-refractivity contribution is 7.18. The quantitative estimate of drug-likeness (QED) is 0.288. The van der Waals surface area contributed by atoms with Crippen molar-refractivity contribution in [1.29, 1.82) is 0 Å². The SMILES string of the molecule is C=CC(=C)C(P)CC.C=COC(C)OCc1ccccc1. The first-order valence-corrected chi connectivity index (χ1v) is 7.70. The second-order valence-corrected chi connectivity index (χ2v) is 5.27. The van der Waals surface area contributed by atoms with Gasteiger partial charge in [0.2, 0.25) is 0 Å². The fraction of sp³-hybridized carbons (Fsp3) is 0.333. The van der Waals surface area contributed by atoms with Gasteiger partial charge in [0.05, 0.1) is 12.9 Å². The summed E-state index contributed by atoms with van der Waals surface area (Å²) in [6.45, 7) is 15.4. The molecule has 0 aliphatic heterocycles. The highest BCUT2D eigenvalue weighted by Gasteiger charge is 1.99. The first-order valence-electron chi connectivity index (χ1n) is 7.03. The van der Waals surface area contributed by atoms with Crippen molar-refractivity contribution in [2.75, 3.05) is 0 Å². The summed E-state index contributed by atoms with van der Waals surface area (Å²) >= 11 is 0. The Bertz CT molecular complexity index is 414. The van der Waals surface area contributed by atoms with E-state index in [1.54, 1.807) is 6.08 Å². The molecular weight excluding hydrogens is 279 g/mol. The molecule has 0 radical (unpaired) electrons. The summed E-state index contributed by atoms with van der Waals surface area (Å²) in [5.41, 5.74) is 2.77. The molecule has 3 atom stereocenters. The van der Waals surface area contributed by atoms with Gasteiger partial charge in [-0.15, -0.1) is 9.24 Å². The molecule has 0 spiro atoms. The van der Waals surface area contributed by atoms with Crippen LogP contribution in [0.3, 0.4) is 0 Å². The largest absolute Gasteiger partial charge is 0.473 e. The molecule has 0 aliphatic carbocycles. The Labute approximate surface area is 131 Å². The molecule has 2 nitrogen and oxygen atoms in total. The molecule has 0 saturated heterocycles. The summed E-state index contributed by atoms with van der Waals surface area (Å²) < 4.78 is 10.4. The molecule has 3 heteroatoms. The second-order valence-electron chi connectivity index (χ2n) is 4.46. The van der Waals surface area contributed by atoms with Crippen molar-refractivity contribution in [3.63, 3.8) is 0 Å². The highest BCUT2D eigenvalue weighted by Crippen LogP contribution is 2.14. The van der Waals surface area contributed by atoms with Gasteiger partial charge in [-0.2, -0.15) is 0 Å². The van der Waals surface area contributed by atoms with Gasteiger partial charge in [0.1, 0.15) is 0 Å². The fourth-order valence-corrected chi connectivity index (χ4v) is 1.51. The molecule has 0 N–H and O–H groups in total. The molecule has 0 amide bonds. The van der Waals surface area contributed by atoms with Crippen LogP contribution in [0.5, 0.6) is 0 Å². The van der Waals surface area contributed by atoms with Crippen molar-refractivity contribution in [1.82, 2.24) is 0 Å². The lowest BCUT2D eigenvalue weighted by Crippen LogP contribution is -2.09. The van der Waals surface area contributed by atoms with Crippen LogP contribution in [0.2, 0.25) is 0 Å². The van der Waals surface area contributed by atoms with Crippen molar-refractivity contribution in [2.45, 2.75) is 38.8 Å². The van der Waals surface area contributed by atoms with E-state index in [0.717, 1.165) is 17.6 Å². The van der Waals surface area contributed by atoms with E-state index in [1.165, 1.54) is 6.26 Å². The van der Waals surface area contributed by atoms with Crippen LogP contribution in [0.15, 0.2) is 68.0 Å². The Morgan fingerprint density at radius 2 is 1.90 bits per heavy atom. The Hall–Kier alpha value is -1.37. The molecule has 1 rings (SSSR count). The van der Waals surface area contributed by atoms with Crippen LogP contribution in [0.25, 0.3) is 0 Å². The van der Waals surface area contributed by atoms with E-state index in [4.69, 9.17) is 9.47 Å². The van der Waals surface area contributed by atoms with Gasteiger partial charge >= 0.3 is 0 Å². The van der Waals surface area contributed by atoms with Crippen molar-refractivity contribution >= 4 is 9.24 Å². The maximum Gasteiger partial charge on any atom is 0.196 e. The minimum Gasteiger partial charge on any atom is -0.473 e. The molecule has 3 unspecified atom stereocenters. The number of hydrogen-bond acceptors (Lipinski definition) is 2. The molecule has 116 valence electrons. The zero-order chi connectivity index (χ0) is 16.1. The third-order valence-electron chi connectivity index (χ3n) is 2.79. The molecule has 1 aromatic carbocycles. The van der Waals surface area contributed by atoms with E-state index >= 15 is 0 Å². The van der Waals surface area contributed by atoms with Crippen LogP contribution in [0.1, 0.15) is 25.8 Å².